The predicted octanol–water partition coefficient (Wildman–Crippen LogP) is 4.76. The number of nitrogens with zero attached hydrogens (tertiary/aromatic N) is 1. The summed E-state index contributed by atoms with van der Waals surface area (Å²) in [5, 5.41) is 5.77. The fourth-order valence-electron chi connectivity index (χ4n) is 3.89. The molecule has 1 N–H and O–H groups in total. The Morgan fingerprint density at radius 3 is 2.59 bits per heavy atom. The SMILES string of the molecule is C[C@@H](NCC1CN(Cc2cc(F)c(F)cc2F)C(=O)CO1)c1cccc2ccccc12.Cl. The lowest BCUT2D eigenvalue weighted by Crippen LogP contribution is -2.49. The summed E-state index contributed by atoms with van der Waals surface area (Å²) in [6.45, 7) is 2.49. The highest BCUT2D eigenvalue weighted by atomic mass is 35.5. The summed E-state index contributed by atoms with van der Waals surface area (Å²) in [6.07, 6.45) is -0.302. The van der Waals surface area contributed by atoms with Gasteiger partial charge in [-0.1, -0.05) is 42.5 Å². The van der Waals surface area contributed by atoms with Crippen LogP contribution in [0.5, 0.6) is 0 Å². The fraction of sp³-hybridized carbons (Fsp3) is 0.292. The number of ether oxygens (including phenoxy) is 1. The summed E-state index contributed by atoms with van der Waals surface area (Å²) in [4.78, 5) is 13.6. The highest BCUT2D eigenvalue weighted by Crippen LogP contribution is 2.24. The summed E-state index contributed by atoms with van der Waals surface area (Å²) in [5.41, 5.74) is 1.09. The standard InChI is InChI=1S/C24H23F3N2O2.ClH/c1-15(19-8-4-6-16-5-2-3-7-20(16)19)28-11-18-13-29(24(30)14-31-18)12-17-9-22(26)23(27)10-21(17)25;/h2-10,15,18,28H,11-14H2,1H3;1H/t15-,18?;/m1./s1. The average molecular weight is 465 g/mol. The molecule has 3 aromatic rings. The zero-order valence-corrected chi connectivity index (χ0v) is 18.3. The third-order valence-electron chi connectivity index (χ3n) is 5.61. The maximum Gasteiger partial charge on any atom is 0.248 e. The number of benzene rings is 3. The van der Waals surface area contributed by atoms with Gasteiger partial charge in [-0.05, 0) is 29.3 Å². The van der Waals surface area contributed by atoms with E-state index in [2.05, 4.69) is 36.5 Å². The van der Waals surface area contributed by atoms with Gasteiger partial charge in [0.2, 0.25) is 5.91 Å². The first-order valence-corrected chi connectivity index (χ1v) is 10.2. The number of amides is 1. The molecule has 1 fully saturated rings. The summed E-state index contributed by atoms with van der Waals surface area (Å²) in [5.74, 6) is -3.58. The molecule has 1 aliphatic rings. The van der Waals surface area contributed by atoms with Crippen LogP contribution >= 0.6 is 12.4 Å². The van der Waals surface area contributed by atoms with Crippen LogP contribution in [0.2, 0.25) is 0 Å². The van der Waals surface area contributed by atoms with Gasteiger partial charge < -0.3 is 15.0 Å². The minimum Gasteiger partial charge on any atom is -0.365 e. The fourth-order valence-corrected chi connectivity index (χ4v) is 3.89. The van der Waals surface area contributed by atoms with E-state index in [1.165, 1.54) is 10.3 Å². The Morgan fingerprint density at radius 2 is 1.78 bits per heavy atom. The molecule has 1 unspecified atom stereocenters. The van der Waals surface area contributed by atoms with E-state index in [0.29, 0.717) is 12.6 Å². The number of fused-ring (bicyclic) bond motifs is 1. The van der Waals surface area contributed by atoms with E-state index >= 15 is 0 Å². The molecule has 3 aromatic carbocycles. The molecule has 4 rings (SSSR count). The molecule has 1 heterocycles. The van der Waals surface area contributed by atoms with Crippen LogP contribution in [0.1, 0.15) is 24.1 Å². The van der Waals surface area contributed by atoms with Crippen molar-refractivity contribution in [2.75, 3.05) is 19.7 Å². The number of morpholine rings is 1. The number of hydrogen-bond acceptors (Lipinski definition) is 3. The van der Waals surface area contributed by atoms with Crippen LogP contribution in [0.25, 0.3) is 10.8 Å². The molecule has 1 aliphatic heterocycles. The molecular weight excluding hydrogens is 441 g/mol. The second-order valence-electron chi connectivity index (χ2n) is 7.76. The largest absolute Gasteiger partial charge is 0.365 e. The summed E-state index contributed by atoms with van der Waals surface area (Å²) < 4.78 is 46.3. The minimum absolute atomic E-state index is 0. The number of rotatable bonds is 6. The molecule has 0 radical (unpaired) electrons. The number of hydrogen-bond donors (Lipinski definition) is 1. The molecule has 1 saturated heterocycles. The van der Waals surface area contributed by atoms with E-state index in [4.69, 9.17) is 4.74 Å². The van der Waals surface area contributed by atoms with E-state index < -0.39 is 17.5 Å². The first-order valence-electron chi connectivity index (χ1n) is 10.2. The van der Waals surface area contributed by atoms with Crippen molar-refractivity contribution in [2.45, 2.75) is 25.6 Å². The van der Waals surface area contributed by atoms with Crippen molar-refractivity contribution in [1.82, 2.24) is 10.2 Å². The lowest BCUT2D eigenvalue weighted by Gasteiger charge is -2.33. The molecule has 0 aromatic heterocycles. The Labute approximate surface area is 190 Å². The van der Waals surface area contributed by atoms with Crippen molar-refractivity contribution in [3.05, 3.63) is 83.2 Å². The van der Waals surface area contributed by atoms with Crippen LogP contribution < -0.4 is 5.32 Å². The number of halogens is 4. The van der Waals surface area contributed by atoms with E-state index in [-0.39, 0.29) is 55.7 Å². The number of carbonyl (C=O) groups is 1. The molecule has 0 spiro atoms. The zero-order chi connectivity index (χ0) is 22.0. The summed E-state index contributed by atoms with van der Waals surface area (Å²) in [6, 6.07) is 15.6. The van der Waals surface area contributed by atoms with Crippen LogP contribution in [0.4, 0.5) is 13.2 Å². The van der Waals surface area contributed by atoms with Crippen LogP contribution in [0.15, 0.2) is 54.6 Å². The third-order valence-corrected chi connectivity index (χ3v) is 5.61. The van der Waals surface area contributed by atoms with Crippen molar-refractivity contribution in [3.63, 3.8) is 0 Å². The van der Waals surface area contributed by atoms with Crippen LogP contribution in [-0.2, 0) is 16.1 Å². The zero-order valence-electron chi connectivity index (χ0n) is 17.5. The Balaban J connectivity index is 0.00000289. The Hall–Kier alpha value is -2.61. The molecule has 32 heavy (non-hydrogen) atoms. The second kappa shape index (κ2) is 10.3. The van der Waals surface area contributed by atoms with Gasteiger partial charge in [0.05, 0.1) is 6.10 Å². The van der Waals surface area contributed by atoms with Gasteiger partial charge in [-0.2, -0.15) is 0 Å². The first kappa shape index (κ1) is 24.0. The second-order valence-corrected chi connectivity index (χ2v) is 7.76. The van der Waals surface area contributed by atoms with Gasteiger partial charge in [0.25, 0.3) is 0 Å². The quantitative estimate of drug-likeness (QED) is 0.535. The van der Waals surface area contributed by atoms with Crippen LogP contribution in [0, 0.1) is 17.5 Å². The van der Waals surface area contributed by atoms with Gasteiger partial charge in [-0.15, -0.1) is 12.4 Å². The van der Waals surface area contributed by atoms with Crippen molar-refractivity contribution >= 4 is 29.1 Å². The number of carbonyl (C=O) groups excluding carboxylic acids is 1. The van der Waals surface area contributed by atoms with Crippen LogP contribution in [-0.4, -0.2) is 36.6 Å². The van der Waals surface area contributed by atoms with E-state index in [0.717, 1.165) is 17.0 Å². The lowest BCUT2D eigenvalue weighted by atomic mass is 9.99. The third kappa shape index (κ3) is 5.23. The minimum atomic E-state index is -1.25. The molecule has 8 heteroatoms. The molecule has 170 valence electrons. The highest BCUT2D eigenvalue weighted by molar-refractivity contribution is 5.86. The van der Waals surface area contributed by atoms with Gasteiger partial charge in [0, 0.05) is 37.3 Å². The Bertz CT molecular complexity index is 1110. The van der Waals surface area contributed by atoms with E-state index in [1.54, 1.807) is 0 Å². The normalized spacial score (nSPS) is 17.3. The Kier molecular flexibility index (Phi) is 7.77. The predicted molar refractivity (Wildman–Crippen MR) is 119 cm³/mol. The van der Waals surface area contributed by atoms with Crippen molar-refractivity contribution in [3.8, 4) is 0 Å². The average Bonchev–Trinajstić information content (AvgIpc) is 2.77. The first-order chi connectivity index (χ1) is 14.9. The number of nitrogens with one attached hydrogen (secondary N) is 1. The Morgan fingerprint density at radius 1 is 1.06 bits per heavy atom. The highest BCUT2D eigenvalue weighted by Gasteiger charge is 2.27. The van der Waals surface area contributed by atoms with Gasteiger partial charge in [0.15, 0.2) is 11.6 Å². The van der Waals surface area contributed by atoms with Crippen molar-refractivity contribution in [2.24, 2.45) is 0 Å². The van der Waals surface area contributed by atoms with Crippen LogP contribution in [0.3, 0.4) is 0 Å². The molecule has 4 nitrogen and oxygen atoms in total. The molecule has 0 saturated carbocycles. The van der Waals surface area contributed by atoms with Gasteiger partial charge in [-0.25, -0.2) is 13.2 Å². The van der Waals surface area contributed by atoms with Crippen molar-refractivity contribution < 1.29 is 22.7 Å². The van der Waals surface area contributed by atoms with Crippen molar-refractivity contribution in [1.29, 1.82) is 0 Å². The van der Waals surface area contributed by atoms with Gasteiger partial charge in [-0.3, -0.25) is 4.79 Å². The molecule has 0 aliphatic carbocycles. The van der Waals surface area contributed by atoms with E-state index in [1.807, 2.05) is 18.2 Å². The van der Waals surface area contributed by atoms with Gasteiger partial charge in [0.1, 0.15) is 12.4 Å². The topological polar surface area (TPSA) is 41.6 Å². The summed E-state index contributed by atoms with van der Waals surface area (Å²) in [7, 11) is 0. The summed E-state index contributed by atoms with van der Waals surface area (Å²) >= 11 is 0. The molecule has 0 bridgehead atoms. The molecule has 1 amide bonds. The molecular formula is C24H24ClF3N2O2. The smallest absolute Gasteiger partial charge is 0.248 e. The maximum atomic E-state index is 14.0. The molecule has 2 atom stereocenters. The maximum absolute atomic E-state index is 14.0. The van der Waals surface area contributed by atoms with Gasteiger partial charge >= 0.3 is 0 Å². The monoisotopic (exact) mass is 464 g/mol. The lowest BCUT2D eigenvalue weighted by molar-refractivity contribution is -0.149. The van der Waals surface area contributed by atoms with E-state index in [9.17, 15) is 18.0 Å².